The summed E-state index contributed by atoms with van der Waals surface area (Å²) < 4.78 is 15.7. The zero-order chi connectivity index (χ0) is 16.4. The van der Waals surface area contributed by atoms with E-state index >= 15 is 0 Å². The van der Waals surface area contributed by atoms with Gasteiger partial charge in [0.25, 0.3) is 5.91 Å². The summed E-state index contributed by atoms with van der Waals surface area (Å²) in [7, 11) is 1.53. The minimum Gasteiger partial charge on any atom is -0.482 e. The summed E-state index contributed by atoms with van der Waals surface area (Å²) in [6, 6.07) is 3.18. The largest absolute Gasteiger partial charge is 0.482 e. The van der Waals surface area contributed by atoms with Crippen LogP contribution in [-0.4, -0.2) is 51.7 Å². The van der Waals surface area contributed by atoms with Gasteiger partial charge in [0.05, 0.1) is 25.5 Å². The average Bonchev–Trinajstić information content (AvgIpc) is 3.06. The predicted molar refractivity (Wildman–Crippen MR) is 78.1 cm³/mol. The second-order valence-electron chi connectivity index (χ2n) is 5.22. The van der Waals surface area contributed by atoms with Gasteiger partial charge in [-0.2, -0.15) is 0 Å². The number of likely N-dealkylation sites (tertiary alicyclic amines) is 1. The number of methoxy groups -OCH3 is 1. The molecule has 1 aliphatic rings. The van der Waals surface area contributed by atoms with E-state index in [1.54, 1.807) is 24.0 Å². The molecule has 1 N–H and O–H groups in total. The number of ether oxygens (including phenoxy) is 2. The second kappa shape index (κ2) is 6.25. The maximum Gasteiger partial charge on any atom is 0.276 e. The third kappa shape index (κ3) is 3.11. The highest BCUT2D eigenvalue weighted by atomic mass is 16.5. The Morgan fingerprint density at radius 3 is 2.96 bits per heavy atom. The molecule has 0 bridgehead atoms. The zero-order valence-electron chi connectivity index (χ0n) is 12.8. The molecule has 0 radical (unpaired) electrons. The van der Waals surface area contributed by atoms with Crippen LogP contribution < -0.4 is 9.47 Å². The highest BCUT2D eigenvalue weighted by Crippen LogP contribution is 2.21. The van der Waals surface area contributed by atoms with Crippen LogP contribution in [0.5, 0.6) is 11.6 Å². The molecule has 1 fully saturated rings. The molecule has 2 aromatic heterocycles. The summed E-state index contributed by atoms with van der Waals surface area (Å²) in [6.45, 7) is 2.18. The number of nitrogens with zero attached hydrogens (tertiary/aromatic N) is 3. The van der Waals surface area contributed by atoms with Crippen molar-refractivity contribution in [1.82, 2.24) is 14.9 Å². The molecule has 3 rings (SSSR count). The molecule has 8 heteroatoms. The summed E-state index contributed by atoms with van der Waals surface area (Å²) in [5.74, 6) is 1.06. The molecule has 23 heavy (non-hydrogen) atoms. The Hall–Kier alpha value is -2.61. The van der Waals surface area contributed by atoms with Gasteiger partial charge in [-0.15, -0.1) is 0 Å². The van der Waals surface area contributed by atoms with Crippen molar-refractivity contribution in [3.05, 3.63) is 36.2 Å². The summed E-state index contributed by atoms with van der Waals surface area (Å²) in [6.07, 6.45) is 2.35. The van der Waals surface area contributed by atoms with Gasteiger partial charge in [-0.25, -0.2) is 9.97 Å². The summed E-state index contributed by atoms with van der Waals surface area (Å²) in [5.41, 5.74) is 0.204. The SMILES string of the molecule is COc1ccc(OCc2nc(C(=O)N3C[C@H](O)[C@@H]3C)co2)cn1. The fourth-order valence-electron chi connectivity index (χ4n) is 2.20. The van der Waals surface area contributed by atoms with Gasteiger partial charge in [0.2, 0.25) is 11.8 Å². The molecule has 0 spiro atoms. The number of amides is 1. The molecule has 0 saturated carbocycles. The molecule has 0 aromatic carbocycles. The van der Waals surface area contributed by atoms with Crippen LogP contribution in [0.3, 0.4) is 0 Å². The minimum atomic E-state index is -0.476. The average molecular weight is 319 g/mol. The van der Waals surface area contributed by atoms with Crippen molar-refractivity contribution in [3.63, 3.8) is 0 Å². The number of β-amino-alcohol motifs (C(OH)–C–C–N with tert-alkyl or cyclic N) is 1. The van der Waals surface area contributed by atoms with Crippen molar-refractivity contribution in [2.75, 3.05) is 13.7 Å². The number of aliphatic hydroxyl groups is 1. The standard InChI is InChI=1S/C15H17N3O5/c1-9-12(19)6-18(9)15(20)11-7-23-14(17-11)8-22-10-3-4-13(21-2)16-5-10/h3-5,7,9,12,19H,6,8H2,1-2H3/t9-,12-/m0/s1. The first-order valence-corrected chi connectivity index (χ1v) is 7.14. The van der Waals surface area contributed by atoms with Crippen molar-refractivity contribution < 1.29 is 23.8 Å². The lowest BCUT2D eigenvalue weighted by Crippen LogP contribution is -2.60. The number of aromatic nitrogens is 2. The molecular formula is C15H17N3O5. The van der Waals surface area contributed by atoms with E-state index in [9.17, 15) is 9.90 Å². The molecule has 1 aliphatic heterocycles. The number of pyridine rings is 1. The van der Waals surface area contributed by atoms with E-state index in [2.05, 4.69) is 9.97 Å². The van der Waals surface area contributed by atoms with Crippen molar-refractivity contribution >= 4 is 5.91 Å². The van der Waals surface area contributed by atoms with Crippen LogP contribution in [0.4, 0.5) is 0 Å². The summed E-state index contributed by atoms with van der Waals surface area (Å²) >= 11 is 0. The Balaban J connectivity index is 1.57. The summed E-state index contributed by atoms with van der Waals surface area (Å²) in [4.78, 5) is 21.8. The molecule has 3 heterocycles. The molecule has 1 saturated heterocycles. The van der Waals surface area contributed by atoms with E-state index in [0.717, 1.165) is 0 Å². The van der Waals surface area contributed by atoms with Gasteiger partial charge in [-0.1, -0.05) is 0 Å². The minimum absolute atomic E-state index is 0.0828. The van der Waals surface area contributed by atoms with Crippen LogP contribution in [0.25, 0.3) is 0 Å². The first-order valence-electron chi connectivity index (χ1n) is 7.14. The van der Waals surface area contributed by atoms with Crippen molar-refractivity contribution in [2.45, 2.75) is 25.7 Å². The molecule has 122 valence electrons. The molecule has 2 atom stereocenters. The van der Waals surface area contributed by atoms with Crippen LogP contribution in [0, 0.1) is 0 Å². The Labute approximate surface area is 132 Å². The number of hydrogen-bond acceptors (Lipinski definition) is 7. The lowest BCUT2D eigenvalue weighted by Gasteiger charge is -2.42. The first kappa shape index (κ1) is 15.3. The van der Waals surface area contributed by atoms with E-state index in [-0.39, 0.29) is 30.1 Å². The Morgan fingerprint density at radius 2 is 2.35 bits per heavy atom. The van der Waals surface area contributed by atoms with Gasteiger partial charge >= 0.3 is 0 Å². The summed E-state index contributed by atoms with van der Waals surface area (Å²) in [5, 5.41) is 9.46. The molecule has 8 nitrogen and oxygen atoms in total. The number of rotatable bonds is 5. The van der Waals surface area contributed by atoms with Crippen LogP contribution >= 0.6 is 0 Å². The van der Waals surface area contributed by atoms with Crippen molar-refractivity contribution in [1.29, 1.82) is 0 Å². The van der Waals surface area contributed by atoms with Crippen LogP contribution in [0.1, 0.15) is 23.3 Å². The lowest BCUT2D eigenvalue weighted by molar-refractivity contribution is -0.0360. The Kier molecular flexibility index (Phi) is 4.16. The van der Waals surface area contributed by atoms with E-state index in [4.69, 9.17) is 13.9 Å². The van der Waals surface area contributed by atoms with Crippen LogP contribution in [-0.2, 0) is 6.61 Å². The number of oxazole rings is 1. The smallest absolute Gasteiger partial charge is 0.276 e. The fourth-order valence-corrected chi connectivity index (χ4v) is 2.20. The highest BCUT2D eigenvalue weighted by Gasteiger charge is 2.38. The first-order chi connectivity index (χ1) is 11.1. The van der Waals surface area contributed by atoms with Gasteiger partial charge in [0.1, 0.15) is 12.0 Å². The third-order valence-corrected chi connectivity index (χ3v) is 3.74. The molecule has 0 unspecified atom stereocenters. The quantitative estimate of drug-likeness (QED) is 0.873. The van der Waals surface area contributed by atoms with Crippen LogP contribution in [0.15, 0.2) is 29.0 Å². The highest BCUT2D eigenvalue weighted by molar-refractivity contribution is 5.92. The number of carbonyl (C=O) groups is 1. The molecular weight excluding hydrogens is 302 g/mol. The zero-order valence-corrected chi connectivity index (χ0v) is 12.8. The van der Waals surface area contributed by atoms with Gasteiger partial charge in [0.15, 0.2) is 12.3 Å². The van der Waals surface area contributed by atoms with E-state index in [0.29, 0.717) is 18.2 Å². The third-order valence-electron chi connectivity index (χ3n) is 3.74. The van der Waals surface area contributed by atoms with E-state index in [1.165, 1.54) is 19.6 Å². The van der Waals surface area contributed by atoms with Crippen LogP contribution in [0.2, 0.25) is 0 Å². The second-order valence-corrected chi connectivity index (χ2v) is 5.22. The maximum absolute atomic E-state index is 12.2. The normalized spacial score (nSPS) is 20.0. The topological polar surface area (TPSA) is 97.9 Å². The Morgan fingerprint density at radius 1 is 1.52 bits per heavy atom. The van der Waals surface area contributed by atoms with Gasteiger partial charge in [0, 0.05) is 12.6 Å². The van der Waals surface area contributed by atoms with E-state index in [1.807, 2.05) is 0 Å². The van der Waals surface area contributed by atoms with Crippen molar-refractivity contribution in [2.24, 2.45) is 0 Å². The van der Waals surface area contributed by atoms with Gasteiger partial charge < -0.3 is 23.9 Å². The number of aliphatic hydroxyl groups excluding tert-OH is 1. The predicted octanol–water partition coefficient (Wildman–Crippen LogP) is 0.862. The lowest BCUT2D eigenvalue weighted by atomic mass is 10.0. The van der Waals surface area contributed by atoms with Gasteiger partial charge in [-0.05, 0) is 13.0 Å². The van der Waals surface area contributed by atoms with E-state index < -0.39 is 6.10 Å². The maximum atomic E-state index is 12.2. The molecule has 0 aliphatic carbocycles. The fraction of sp³-hybridized carbons (Fsp3) is 0.400. The Bertz CT molecular complexity index is 685. The number of hydrogen-bond donors (Lipinski definition) is 1. The number of carbonyl (C=O) groups excluding carboxylic acids is 1. The van der Waals surface area contributed by atoms with Gasteiger partial charge in [-0.3, -0.25) is 4.79 Å². The monoisotopic (exact) mass is 319 g/mol. The van der Waals surface area contributed by atoms with Crippen molar-refractivity contribution in [3.8, 4) is 11.6 Å². The molecule has 2 aromatic rings. The molecule has 1 amide bonds.